The minimum absolute atomic E-state index is 1.60. The van der Waals surface area contributed by atoms with Gasteiger partial charge in [0.2, 0.25) is 3.79 Å². The fourth-order valence-electron chi connectivity index (χ4n) is 0.124. The number of hydrogen-bond donors (Lipinski definition) is 0. The van der Waals surface area contributed by atoms with Crippen molar-refractivity contribution < 1.29 is 4.39 Å². The molecule has 0 saturated heterocycles. The molecule has 0 aromatic carbocycles. The summed E-state index contributed by atoms with van der Waals surface area (Å²) in [6, 6.07) is 0. The lowest BCUT2D eigenvalue weighted by Gasteiger charge is -2.25. The number of halogens is 7. The summed E-state index contributed by atoms with van der Waals surface area (Å²) < 4.78 is 10.5. The lowest BCUT2D eigenvalue weighted by Crippen LogP contribution is -2.38. The number of rotatable bonds is 1. The maximum atomic E-state index is 12.8. The zero-order chi connectivity index (χ0) is 8.58. The Bertz CT molecular complexity index is 115. The highest BCUT2D eigenvalue weighted by atomic mass is 35.6. The van der Waals surface area contributed by atoms with Crippen LogP contribution >= 0.6 is 69.6 Å². The van der Waals surface area contributed by atoms with Crippen molar-refractivity contribution >= 4 is 69.6 Å². The Labute approximate surface area is 87.5 Å². The van der Waals surface area contributed by atoms with Gasteiger partial charge in [-0.3, -0.25) is 0 Å². The van der Waals surface area contributed by atoms with Crippen LogP contribution in [0.3, 0.4) is 0 Å². The summed E-state index contributed by atoms with van der Waals surface area (Å²) >= 11 is 30.4. The van der Waals surface area contributed by atoms with Crippen LogP contribution in [-0.2, 0) is 0 Å². The van der Waals surface area contributed by atoms with E-state index in [0.717, 1.165) is 0 Å². The van der Waals surface area contributed by atoms with E-state index in [-0.39, 0.29) is 0 Å². The van der Waals surface area contributed by atoms with Gasteiger partial charge in [0.15, 0.2) is 4.84 Å². The summed E-state index contributed by atoms with van der Waals surface area (Å²) in [6.07, 6.45) is 0. The van der Waals surface area contributed by atoms with Crippen LogP contribution in [0.15, 0.2) is 0 Å². The predicted octanol–water partition coefficient (Wildman–Crippen LogP) is 4.06. The molecule has 0 bridgehead atoms. The zero-order valence-electron chi connectivity index (χ0n) is 4.22. The SMILES string of the molecule is FC(Cl)(C(Cl)Cl)C(Cl)(Cl)Cl. The van der Waals surface area contributed by atoms with Gasteiger partial charge < -0.3 is 0 Å². The van der Waals surface area contributed by atoms with Gasteiger partial charge in [-0.25, -0.2) is 4.39 Å². The summed E-state index contributed by atoms with van der Waals surface area (Å²) in [4.78, 5) is -1.60. The Morgan fingerprint density at radius 1 is 1.00 bits per heavy atom. The molecule has 0 nitrogen and oxygen atoms in total. The van der Waals surface area contributed by atoms with Crippen molar-refractivity contribution in [2.75, 3.05) is 0 Å². The van der Waals surface area contributed by atoms with Crippen LogP contribution in [0.25, 0.3) is 0 Å². The van der Waals surface area contributed by atoms with Gasteiger partial charge in [-0.15, -0.1) is 23.2 Å². The molecule has 0 aromatic rings. The first kappa shape index (κ1) is 11.7. The molecule has 0 rings (SSSR count). The predicted molar refractivity (Wildman–Crippen MR) is 45.5 cm³/mol. The molecule has 62 valence electrons. The Morgan fingerprint density at radius 2 is 1.30 bits per heavy atom. The van der Waals surface area contributed by atoms with Gasteiger partial charge in [-0.1, -0.05) is 46.4 Å². The van der Waals surface area contributed by atoms with Gasteiger partial charge in [0.05, 0.1) is 0 Å². The van der Waals surface area contributed by atoms with E-state index in [4.69, 9.17) is 69.6 Å². The lowest BCUT2D eigenvalue weighted by molar-refractivity contribution is 0.301. The molecule has 1 unspecified atom stereocenters. The highest BCUT2D eigenvalue weighted by molar-refractivity contribution is 6.72. The average molecular weight is 269 g/mol. The quantitative estimate of drug-likeness (QED) is 0.629. The maximum Gasteiger partial charge on any atom is 0.259 e. The Hall–Kier alpha value is 1.67. The first-order valence-electron chi connectivity index (χ1n) is 1.92. The molecule has 0 spiro atoms. The molecular weight excluding hydrogens is 268 g/mol. The standard InChI is InChI=1S/C3HCl6F/c4-1(5)2(6,10)3(7,8)9/h1H. The molecule has 0 aromatic heterocycles. The van der Waals surface area contributed by atoms with Crippen molar-refractivity contribution in [1.82, 2.24) is 0 Å². The van der Waals surface area contributed by atoms with Crippen LogP contribution in [-0.4, -0.2) is 13.8 Å². The average Bonchev–Trinajstić information content (AvgIpc) is 1.62. The second-order valence-corrected chi connectivity index (χ2v) is 5.35. The summed E-state index contributed by atoms with van der Waals surface area (Å²) in [7, 11) is 0. The van der Waals surface area contributed by atoms with Gasteiger partial charge in [0.1, 0.15) is 0 Å². The smallest absolute Gasteiger partial charge is 0.218 e. The Kier molecular flexibility index (Phi) is 4.19. The second-order valence-electron chi connectivity index (χ2n) is 1.42. The van der Waals surface area contributed by atoms with E-state index in [9.17, 15) is 4.39 Å². The summed E-state index contributed by atoms with van der Waals surface area (Å²) in [5.74, 6) is 0. The molecule has 7 heteroatoms. The highest BCUT2D eigenvalue weighted by Gasteiger charge is 2.53. The van der Waals surface area contributed by atoms with Crippen molar-refractivity contribution in [2.24, 2.45) is 0 Å². The molecule has 0 saturated carbocycles. The van der Waals surface area contributed by atoms with E-state index in [0.29, 0.717) is 0 Å². The van der Waals surface area contributed by atoms with Crippen LogP contribution in [0.4, 0.5) is 4.39 Å². The van der Waals surface area contributed by atoms with Crippen LogP contribution in [0.5, 0.6) is 0 Å². The van der Waals surface area contributed by atoms with E-state index in [2.05, 4.69) is 0 Å². The normalized spacial score (nSPS) is 19.2. The Balaban J connectivity index is 4.40. The van der Waals surface area contributed by atoms with Gasteiger partial charge in [-0.2, -0.15) is 0 Å². The molecule has 0 N–H and O–H groups in total. The first-order chi connectivity index (χ1) is 4.19. The van der Waals surface area contributed by atoms with E-state index in [1.165, 1.54) is 0 Å². The van der Waals surface area contributed by atoms with Gasteiger partial charge in [0, 0.05) is 0 Å². The van der Waals surface area contributed by atoms with Gasteiger partial charge in [-0.05, 0) is 0 Å². The molecule has 0 aliphatic carbocycles. The molecule has 0 fully saturated rings. The van der Waals surface area contributed by atoms with E-state index >= 15 is 0 Å². The topological polar surface area (TPSA) is 0 Å². The van der Waals surface area contributed by atoms with Crippen LogP contribution in [0, 0.1) is 0 Å². The molecule has 0 aliphatic heterocycles. The first-order valence-corrected chi connectivity index (χ1v) is 4.30. The van der Waals surface area contributed by atoms with Gasteiger partial charge in [0.25, 0.3) is 5.13 Å². The molecular formula is C3HCl6F. The fourth-order valence-corrected chi connectivity index (χ4v) is 1.11. The second kappa shape index (κ2) is 3.59. The third-order valence-electron chi connectivity index (χ3n) is 0.652. The van der Waals surface area contributed by atoms with Crippen LogP contribution < -0.4 is 0 Å². The molecule has 0 amide bonds. The Morgan fingerprint density at radius 3 is 1.30 bits per heavy atom. The van der Waals surface area contributed by atoms with Crippen molar-refractivity contribution in [3.8, 4) is 0 Å². The van der Waals surface area contributed by atoms with E-state index in [1.54, 1.807) is 0 Å². The zero-order valence-corrected chi connectivity index (χ0v) is 8.76. The maximum absolute atomic E-state index is 12.8. The third kappa shape index (κ3) is 2.62. The van der Waals surface area contributed by atoms with Crippen LogP contribution in [0.2, 0.25) is 0 Å². The van der Waals surface area contributed by atoms with Crippen molar-refractivity contribution in [3.63, 3.8) is 0 Å². The van der Waals surface area contributed by atoms with Gasteiger partial charge >= 0.3 is 0 Å². The molecule has 0 heterocycles. The van der Waals surface area contributed by atoms with E-state index < -0.39 is 13.8 Å². The monoisotopic (exact) mass is 266 g/mol. The minimum Gasteiger partial charge on any atom is -0.218 e. The summed E-state index contributed by atoms with van der Waals surface area (Å²) in [5, 5.41) is -2.76. The van der Waals surface area contributed by atoms with Crippen molar-refractivity contribution in [2.45, 2.75) is 13.8 Å². The summed E-state index contributed by atoms with van der Waals surface area (Å²) in [5.41, 5.74) is 0. The van der Waals surface area contributed by atoms with Crippen LogP contribution in [0.1, 0.15) is 0 Å². The number of alkyl halides is 7. The van der Waals surface area contributed by atoms with Crippen molar-refractivity contribution in [1.29, 1.82) is 0 Å². The highest BCUT2D eigenvalue weighted by Crippen LogP contribution is 2.48. The summed E-state index contributed by atoms with van der Waals surface area (Å²) in [6.45, 7) is 0. The van der Waals surface area contributed by atoms with Crippen molar-refractivity contribution in [3.05, 3.63) is 0 Å². The van der Waals surface area contributed by atoms with E-state index in [1.807, 2.05) is 0 Å². The molecule has 1 atom stereocenters. The molecule has 0 aliphatic rings. The molecule has 0 radical (unpaired) electrons. The number of hydrogen-bond acceptors (Lipinski definition) is 0. The fraction of sp³-hybridized carbons (Fsp3) is 1.00. The molecule has 10 heavy (non-hydrogen) atoms. The third-order valence-corrected chi connectivity index (χ3v) is 3.09. The minimum atomic E-state index is -2.76. The largest absolute Gasteiger partial charge is 0.259 e. The lowest BCUT2D eigenvalue weighted by atomic mass is 10.5.